The van der Waals surface area contributed by atoms with Gasteiger partial charge in [-0.05, 0) is 76.1 Å². The van der Waals surface area contributed by atoms with Crippen molar-refractivity contribution >= 4 is 11.5 Å². The molecule has 4 rings (SSSR count). The van der Waals surface area contributed by atoms with Crippen LogP contribution in [0.1, 0.15) is 43.5 Å². The molecule has 0 N–H and O–H groups in total. The minimum Gasteiger partial charge on any atom is -0.494 e. The fourth-order valence-corrected chi connectivity index (χ4v) is 4.91. The second-order valence-electron chi connectivity index (χ2n) is 9.15. The maximum Gasteiger partial charge on any atom is 0.179 e. The Bertz CT molecular complexity index is 847. The molecule has 0 aromatic heterocycles. The van der Waals surface area contributed by atoms with E-state index in [0.717, 1.165) is 57.1 Å². The van der Waals surface area contributed by atoms with Crippen molar-refractivity contribution in [1.29, 1.82) is 0 Å². The number of benzene rings is 2. The molecule has 2 aromatic carbocycles. The standard InChI is InChI=1S/C27H37N3O2/c1-22-8-6-15-28(22)16-7-21-32-26-13-11-24(12-14-26)27(31)23(2)29-17-19-30(20-18-29)25-9-4-3-5-10-25/h3-5,9-14,22-23H,6-8,15-21H2,1-2H3. The number of likely N-dealkylation sites (tertiary alicyclic amines) is 1. The molecule has 2 unspecified atom stereocenters. The molecule has 2 saturated heterocycles. The van der Waals surface area contributed by atoms with Gasteiger partial charge in [0.15, 0.2) is 5.78 Å². The van der Waals surface area contributed by atoms with E-state index in [2.05, 4.69) is 45.9 Å². The maximum absolute atomic E-state index is 13.0. The highest BCUT2D eigenvalue weighted by molar-refractivity contribution is 6.00. The normalized spacial score (nSPS) is 20.9. The number of rotatable bonds is 9. The molecular formula is C27H37N3O2. The number of carbonyl (C=O) groups is 1. The minimum absolute atomic E-state index is 0.109. The Hall–Kier alpha value is -2.37. The van der Waals surface area contributed by atoms with Crippen LogP contribution in [0.2, 0.25) is 0 Å². The number of hydrogen-bond acceptors (Lipinski definition) is 5. The van der Waals surface area contributed by atoms with Gasteiger partial charge in [-0.25, -0.2) is 0 Å². The molecule has 2 atom stereocenters. The Balaban J connectivity index is 1.21. The van der Waals surface area contributed by atoms with E-state index in [1.807, 2.05) is 37.3 Å². The zero-order valence-corrected chi connectivity index (χ0v) is 19.6. The molecule has 32 heavy (non-hydrogen) atoms. The molecule has 5 heteroatoms. The number of ether oxygens (including phenoxy) is 1. The third-order valence-electron chi connectivity index (χ3n) is 7.05. The number of piperazine rings is 1. The summed E-state index contributed by atoms with van der Waals surface area (Å²) < 4.78 is 5.91. The van der Waals surface area contributed by atoms with Crippen LogP contribution in [0, 0.1) is 0 Å². The highest BCUT2D eigenvalue weighted by atomic mass is 16.5. The summed E-state index contributed by atoms with van der Waals surface area (Å²) in [5, 5.41) is 0. The molecule has 2 aliphatic rings. The van der Waals surface area contributed by atoms with Crippen LogP contribution in [0.15, 0.2) is 54.6 Å². The molecular weight excluding hydrogens is 398 g/mol. The van der Waals surface area contributed by atoms with Crippen LogP contribution in [0.3, 0.4) is 0 Å². The molecule has 2 heterocycles. The number of para-hydroxylation sites is 1. The second kappa shape index (κ2) is 11.0. The molecule has 0 spiro atoms. The first-order valence-corrected chi connectivity index (χ1v) is 12.2. The summed E-state index contributed by atoms with van der Waals surface area (Å²) in [6, 6.07) is 18.8. The summed E-state index contributed by atoms with van der Waals surface area (Å²) in [7, 11) is 0. The molecule has 2 fully saturated rings. The maximum atomic E-state index is 13.0. The Morgan fingerprint density at radius 1 is 1.00 bits per heavy atom. The lowest BCUT2D eigenvalue weighted by Crippen LogP contribution is -2.51. The second-order valence-corrected chi connectivity index (χ2v) is 9.15. The van der Waals surface area contributed by atoms with Crippen molar-refractivity contribution in [3.63, 3.8) is 0 Å². The van der Waals surface area contributed by atoms with E-state index in [-0.39, 0.29) is 11.8 Å². The molecule has 0 amide bonds. The lowest BCUT2D eigenvalue weighted by Gasteiger charge is -2.38. The SMILES string of the molecule is CC1CCCN1CCCOc1ccc(C(=O)C(C)N2CCN(c3ccccc3)CC2)cc1. The largest absolute Gasteiger partial charge is 0.494 e. The summed E-state index contributed by atoms with van der Waals surface area (Å²) in [6.07, 6.45) is 3.67. The average molecular weight is 436 g/mol. The number of ketones is 1. The van der Waals surface area contributed by atoms with Crippen molar-refractivity contribution in [3.8, 4) is 5.75 Å². The van der Waals surface area contributed by atoms with Crippen molar-refractivity contribution in [2.45, 2.75) is 45.2 Å². The van der Waals surface area contributed by atoms with Gasteiger partial charge in [0.05, 0.1) is 12.6 Å². The lowest BCUT2D eigenvalue weighted by molar-refractivity contribution is 0.0830. The van der Waals surface area contributed by atoms with E-state index in [1.165, 1.54) is 25.1 Å². The quantitative estimate of drug-likeness (QED) is 0.433. The van der Waals surface area contributed by atoms with Crippen molar-refractivity contribution in [1.82, 2.24) is 9.80 Å². The summed E-state index contributed by atoms with van der Waals surface area (Å²) >= 11 is 0. The molecule has 5 nitrogen and oxygen atoms in total. The molecule has 2 aromatic rings. The van der Waals surface area contributed by atoms with Gasteiger partial charge in [0.1, 0.15) is 5.75 Å². The van der Waals surface area contributed by atoms with E-state index in [1.54, 1.807) is 0 Å². The Kier molecular flexibility index (Phi) is 7.82. The Morgan fingerprint density at radius 3 is 2.38 bits per heavy atom. The molecule has 2 aliphatic heterocycles. The summed E-state index contributed by atoms with van der Waals surface area (Å²) in [5.41, 5.74) is 2.03. The number of nitrogens with zero attached hydrogens (tertiary/aromatic N) is 3. The first-order valence-electron chi connectivity index (χ1n) is 12.2. The zero-order chi connectivity index (χ0) is 22.3. The average Bonchev–Trinajstić information content (AvgIpc) is 3.26. The number of anilines is 1. The zero-order valence-electron chi connectivity index (χ0n) is 19.6. The summed E-state index contributed by atoms with van der Waals surface area (Å²) in [6.45, 7) is 11.1. The monoisotopic (exact) mass is 435 g/mol. The fourth-order valence-electron chi connectivity index (χ4n) is 4.91. The first-order chi connectivity index (χ1) is 15.6. The van der Waals surface area contributed by atoms with Gasteiger partial charge in [-0.15, -0.1) is 0 Å². The smallest absolute Gasteiger partial charge is 0.179 e. The molecule has 0 radical (unpaired) electrons. The summed E-state index contributed by atoms with van der Waals surface area (Å²) in [4.78, 5) is 20.3. The van der Waals surface area contributed by atoms with Gasteiger partial charge in [0.25, 0.3) is 0 Å². The topological polar surface area (TPSA) is 36.0 Å². The molecule has 0 saturated carbocycles. The molecule has 0 aliphatic carbocycles. The summed E-state index contributed by atoms with van der Waals surface area (Å²) in [5.74, 6) is 1.04. The van der Waals surface area contributed by atoms with Gasteiger partial charge in [0.2, 0.25) is 0 Å². The van der Waals surface area contributed by atoms with Crippen LogP contribution in [0.4, 0.5) is 5.69 Å². The number of hydrogen-bond donors (Lipinski definition) is 0. The Morgan fingerprint density at radius 2 is 1.72 bits per heavy atom. The van der Waals surface area contributed by atoms with Gasteiger partial charge in [-0.3, -0.25) is 9.69 Å². The van der Waals surface area contributed by atoms with Crippen LogP contribution in [0.25, 0.3) is 0 Å². The van der Waals surface area contributed by atoms with Crippen molar-refractivity contribution < 1.29 is 9.53 Å². The van der Waals surface area contributed by atoms with Gasteiger partial charge >= 0.3 is 0 Å². The highest BCUT2D eigenvalue weighted by Gasteiger charge is 2.26. The molecule has 172 valence electrons. The van der Waals surface area contributed by atoms with E-state index in [4.69, 9.17) is 4.74 Å². The van der Waals surface area contributed by atoms with E-state index in [0.29, 0.717) is 6.04 Å². The third kappa shape index (κ3) is 5.70. The molecule has 0 bridgehead atoms. The lowest BCUT2D eigenvalue weighted by atomic mass is 10.0. The van der Waals surface area contributed by atoms with Crippen LogP contribution in [-0.2, 0) is 0 Å². The fraction of sp³-hybridized carbons (Fsp3) is 0.519. The van der Waals surface area contributed by atoms with Crippen molar-refractivity contribution in [3.05, 3.63) is 60.2 Å². The highest BCUT2D eigenvalue weighted by Crippen LogP contribution is 2.20. The predicted molar refractivity (Wildman–Crippen MR) is 131 cm³/mol. The van der Waals surface area contributed by atoms with Gasteiger partial charge in [-0.2, -0.15) is 0 Å². The number of carbonyl (C=O) groups excluding carboxylic acids is 1. The van der Waals surface area contributed by atoms with Gasteiger partial charge in [0, 0.05) is 50.0 Å². The van der Waals surface area contributed by atoms with Crippen molar-refractivity contribution in [2.24, 2.45) is 0 Å². The first kappa shape index (κ1) is 22.8. The third-order valence-corrected chi connectivity index (χ3v) is 7.05. The van der Waals surface area contributed by atoms with Gasteiger partial charge < -0.3 is 14.5 Å². The van der Waals surface area contributed by atoms with Crippen molar-refractivity contribution in [2.75, 3.05) is 50.8 Å². The van der Waals surface area contributed by atoms with E-state index < -0.39 is 0 Å². The number of Topliss-reactive ketones (excluding diaryl/α,β-unsaturated/α-hetero) is 1. The van der Waals surface area contributed by atoms with Crippen LogP contribution in [-0.4, -0.2) is 73.5 Å². The van der Waals surface area contributed by atoms with Crippen LogP contribution in [0.5, 0.6) is 5.75 Å². The van der Waals surface area contributed by atoms with Gasteiger partial charge in [-0.1, -0.05) is 18.2 Å². The predicted octanol–water partition coefficient (Wildman–Crippen LogP) is 4.33. The van der Waals surface area contributed by atoms with E-state index >= 15 is 0 Å². The Labute approximate surface area is 193 Å². The van der Waals surface area contributed by atoms with Crippen LogP contribution >= 0.6 is 0 Å². The van der Waals surface area contributed by atoms with Crippen LogP contribution < -0.4 is 9.64 Å². The van der Waals surface area contributed by atoms with E-state index in [9.17, 15) is 4.79 Å². The minimum atomic E-state index is -0.109.